The highest BCUT2D eigenvalue weighted by molar-refractivity contribution is 5.90. The minimum absolute atomic E-state index is 0.0259. The molecule has 0 fully saturated rings. The molecule has 0 aromatic heterocycles. The molecule has 0 atom stereocenters. The minimum Gasteiger partial charge on any atom is -0.507 e. The lowest BCUT2D eigenvalue weighted by atomic mass is 10.1. The maximum atomic E-state index is 10.9. The van der Waals surface area contributed by atoms with E-state index in [4.69, 9.17) is 5.11 Å². The molecular weight excluding hydrogens is 218 g/mol. The van der Waals surface area contributed by atoms with Gasteiger partial charge in [0.15, 0.2) is 0 Å². The number of hydrogen-bond donors (Lipinski definition) is 2. The fourth-order valence-electron chi connectivity index (χ4n) is 1.74. The van der Waals surface area contributed by atoms with Crippen LogP contribution in [0.3, 0.4) is 0 Å². The summed E-state index contributed by atoms with van der Waals surface area (Å²) in [6.07, 6.45) is 0.794. The van der Waals surface area contributed by atoms with E-state index in [-0.39, 0.29) is 11.3 Å². The molecule has 0 aliphatic heterocycles. The Morgan fingerprint density at radius 1 is 1.29 bits per heavy atom. The Morgan fingerprint density at radius 3 is 2.47 bits per heavy atom. The number of likely N-dealkylation sites (N-methyl/N-ethyl adjacent to an activating group) is 1. The quantitative estimate of drug-likeness (QED) is 0.794. The Morgan fingerprint density at radius 2 is 1.94 bits per heavy atom. The highest BCUT2D eigenvalue weighted by Gasteiger charge is 2.10. The largest absolute Gasteiger partial charge is 0.507 e. The molecule has 0 heterocycles. The molecule has 0 aliphatic carbocycles. The lowest BCUT2D eigenvalue weighted by Gasteiger charge is -2.17. The van der Waals surface area contributed by atoms with Crippen LogP contribution in [-0.4, -0.2) is 40.7 Å². The zero-order chi connectivity index (χ0) is 12.8. The summed E-state index contributed by atoms with van der Waals surface area (Å²) in [6.45, 7) is 7.07. The van der Waals surface area contributed by atoms with Crippen molar-refractivity contribution in [2.75, 3.05) is 19.6 Å². The van der Waals surface area contributed by atoms with Gasteiger partial charge < -0.3 is 15.1 Å². The van der Waals surface area contributed by atoms with E-state index >= 15 is 0 Å². The van der Waals surface area contributed by atoms with Crippen LogP contribution in [0.4, 0.5) is 0 Å². The van der Waals surface area contributed by atoms with Crippen LogP contribution in [0.25, 0.3) is 0 Å². The molecule has 2 N–H and O–H groups in total. The predicted molar refractivity (Wildman–Crippen MR) is 66.6 cm³/mol. The number of phenols is 1. The maximum Gasteiger partial charge on any atom is 0.339 e. The molecule has 0 spiro atoms. The summed E-state index contributed by atoms with van der Waals surface area (Å²) in [6, 6.07) is 4.76. The summed E-state index contributed by atoms with van der Waals surface area (Å²) in [4.78, 5) is 13.1. The van der Waals surface area contributed by atoms with Crippen molar-refractivity contribution in [1.82, 2.24) is 4.90 Å². The third-order valence-electron chi connectivity index (χ3n) is 2.90. The third kappa shape index (κ3) is 3.75. The predicted octanol–water partition coefficient (Wildman–Crippen LogP) is 1.97. The van der Waals surface area contributed by atoms with Crippen molar-refractivity contribution < 1.29 is 15.0 Å². The average Bonchev–Trinajstić information content (AvgIpc) is 2.32. The molecule has 0 bridgehead atoms. The van der Waals surface area contributed by atoms with Gasteiger partial charge in [-0.3, -0.25) is 0 Å². The van der Waals surface area contributed by atoms with Gasteiger partial charge in [-0.15, -0.1) is 0 Å². The molecule has 0 saturated carbocycles. The van der Waals surface area contributed by atoms with Crippen molar-refractivity contribution in [2.24, 2.45) is 0 Å². The van der Waals surface area contributed by atoms with E-state index in [9.17, 15) is 9.90 Å². The van der Waals surface area contributed by atoms with E-state index in [2.05, 4.69) is 18.7 Å². The van der Waals surface area contributed by atoms with Crippen LogP contribution >= 0.6 is 0 Å². The third-order valence-corrected chi connectivity index (χ3v) is 2.90. The lowest BCUT2D eigenvalue weighted by molar-refractivity contribution is 0.0693. The van der Waals surface area contributed by atoms with Crippen molar-refractivity contribution in [3.63, 3.8) is 0 Å². The zero-order valence-electron chi connectivity index (χ0n) is 10.3. The van der Waals surface area contributed by atoms with Gasteiger partial charge in [-0.25, -0.2) is 4.79 Å². The number of carboxylic acid groups (broad SMARTS) is 1. The lowest BCUT2D eigenvalue weighted by Crippen LogP contribution is -2.25. The van der Waals surface area contributed by atoms with Gasteiger partial charge in [0.05, 0.1) is 0 Å². The van der Waals surface area contributed by atoms with Gasteiger partial charge in [0.1, 0.15) is 11.3 Å². The summed E-state index contributed by atoms with van der Waals surface area (Å²) < 4.78 is 0. The first-order valence-corrected chi connectivity index (χ1v) is 5.86. The number of aromatic hydroxyl groups is 1. The number of nitrogens with zero attached hydrogens (tertiary/aromatic N) is 1. The first kappa shape index (κ1) is 13.5. The number of benzene rings is 1. The number of aromatic carboxylic acids is 1. The monoisotopic (exact) mass is 237 g/mol. The molecule has 0 saturated heterocycles. The molecule has 0 aliphatic rings. The van der Waals surface area contributed by atoms with Crippen LogP contribution in [0.1, 0.15) is 29.8 Å². The standard InChI is InChI=1S/C13H19NO3/c1-3-14(4-2)8-7-10-5-6-12(15)11(9-10)13(16)17/h5-6,9,15H,3-4,7-8H2,1-2H3,(H,16,17). The highest BCUT2D eigenvalue weighted by atomic mass is 16.4. The smallest absolute Gasteiger partial charge is 0.339 e. The van der Waals surface area contributed by atoms with Gasteiger partial charge in [-0.1, -0.05) is 19.9 Å². The minimum atomic E-state index is -1.09. The molecular formula is C13H19NO3. The van der Waals surface area contributed by atoms with Crippen LogP contribution < -0.4 is 0 Å². The van der Waals surface area contributed by atoms with E-state index in [1.54, 1.807) is 12.1 Å². The Balaban J connectivity index is 2.72. The summed E-state index contributed by atoms with van der Waals surface area (Å²) in [5.74, 6) is -1.27. The van der Waals surface area contributed by atoms with Gasteiger partial charge in [0.2, 0.25) is 0 Å². The molecule has 94 valence electrons. The SMILES string of the molecule is CCN(CC)CCc1ccc(O)c(C(=O)O)c1. The van der Waals surface area contributed by atoms with E-state index in [0.717, 1.165) is 31.6 Å². The molecule has 0 radical (unpaired) electrons. The Bertz CT molecular complexity index is 386. The van der Waals surface area contributed by atoms with Crippen LogP contribution in [-0.2, 0) is 6.42 Å². The summed E-state index contributed by atoms with van der Waals surface area (Å²) >= 11 is 0. The van der Waals surface area contributed by atoms with E-state index in [1.807, 2.05) is 0 Å². The van der Waals surface area contributed by atoms with Gasteiger partial charge in [-0.2, -0.15) is 0 Å². The number of carboxylic acids is 1. The molecule has 1 rings (SSSR count). The first-order chi connectivity index (χ1) is 8.08. The summed E-state index contributed by atoms with van der Waals surface area (Å²) in [5, 5.41) is 18.3. The second-order valence-electron chi connectivity index (χ2n) is 3.93. The molecule has 0 unspecified atom stereocenters. The Labute approximate surface area is 101 Å². The van der Waals surface area contributed by atoms with Crippen LogP contribution in [0.5, 0.6) is 5.75 Å². The van der Waals surface area contributed by atoms with Gasteiger partial charge in [0.25, 0.3) is 0 Å². The molecule has 17 heavy (non-hydrogen) atoms. The Kier molecular flexibility index (Phi) is 4.97. The number of rotatable bonds is 6. The van der Waals surface area contributed by atoms with Crippen molar-refractivity contribution in [3.05, 3.63) is 29.3 Å². The van der Waals surface area contributed by atoms with Crippen LogP contribution in [0.15, 0.2) is 18.2 Å². The van der Waals surface area contributed by atoms with E-state index in [1.165, 1.54) is 6.07 Å². The Hall–Kier alpha value is -1.55. The maximum absolute atomic E-state index is 10.9. The normalized spacial score (nSPS) is 10.8. The van der Waals surface area contributed by atoms with Crippen molar-refractivity contribution in [1.29, 1.82) is 0 Å². The van der Waals surface area contributed by atoms with Crippen molar-refractivity contribution in [2.45, 2.75) is 20.3 Å². The summed E-state index contributed by atoms with van der Waals surface area (Å²) in [7, 11) is 0. The molecule has 4 nitrogen and oxygen atoms in total. The first-order valence-electron chi connectivity index (χ1n) is 5.86. The number of hydrogen-bond acceptors (Lipinski definition) is 3. The molecule has 0 amide bonds. The van der Waals surface area contributed by atoms with Gasteiger partial charge in [0, 0.05) is 6.54 Å². The van der Waals surface area contributed by atoms with E-state index < -0.39 is 5.97 Å². The van der Waals surface area contributed by atoms with Crippen LogP contribution in [0.2, 0.25) is 0 Å². The topological polar surface area (TPSA) is 60.8 Å². The number of carbonyl (C=O) groups is 1. The van der Waals surface area contributed by atoms with Gasteiger partial charge in [-0.05, 0) is 37.2 Å². The second kappa shape index (κ2) is 6.25. The van der Waals surface area contributed by atoms with Crippen LogP contribution in [0, 0.1) is 0 Å². The van der Waals surface area contributed by atoms with Gasteiger partial charge >= 0.3 is 5.97 Å². The molecule has 4 heteroatoms. The van der Waals surface area contributed by atoms with Crippen molar-refractivity contribution in [3.8, 4) is 5.75 Å². The van der Waals surface area contributed by atoms with E-state index in [0.29, 0.717) is 0 Å². The molecule has 1 aromatic carbocycles. The highest BCUT2D eigenvalue weighted by Crippen LogP contribution is 2.18. The fraction of sp³-hybridized carbons (Fsp3) is 0.462. The summed E-state index contributed by atoms with van der Waals surface area (Å²) in [5.41, 5.74) is 0.911. The second-order valence-corrected chi connectivity index (χ2v) is 3.93. The fourth-order valence-corrected chi connectivity index (χ4v) is 1.74. The molecule has 1 aromatic rings. The average molecular weight is 237 g/mol. The van der Waals surface area contributed by atoms with Crippen molar-refractivity contribution >= 4 is 5.97 Å². The zero-order valence-corrected chi connectivity index (χ0v) is 10.3.